The van der Waals surface area contributed by atoms with Crippen LogP contribution in [0.25, 0.3) is 22.8 Å². The lowest BCUT2D eigenvalue weighted by molar-refractivity contribution is 0.414. The molecule has 90 valence electrons. The third kappa shape index (κ3) is 1.86. The molecule has 0 aliphatic heterocycles. The number of hydrogen-bond acceptors (Lipinski definition) is 5. The summed E-state index contributed by atoms with van der Waals surface area (Å²) in [5.41, 5.74) is 1.64. The maximum absolute atomic E-state index is 5.17. The summed E-state index contributed by atoms with van der Waals surface area (Å²) in [6.45, 7) is 0. The molecule has 0 saturated heterocycles. The van der Waals surface area contributed by atoms with Gasteiger partial charge < -0.3 is 13.7 Å². The number of ether oxygens (including phenoxy) is 1. The molecule has 5 nitrogen and oxygen atoms in total. The summed E-state index contributed by atoms with van der Waals surface area (Å²) in [6.07, 6.45) is 3.12. The van der Waals surface area contributed by atoms with Crippen LogP contribution >= 0.6 is 0 Å². The quantitative estimate of drug-likeness (QED) is 0.706. The summed E-state index contributed by atoms with van der Waals surface area (Å²) in [5, 5.41) is 3.93. The van der Waals surface area contributed by atoms with Crippen molar-refractivity contribution in [1.29, 1.82) is 0 Å². The van der Waals surface area contributed by atoms with Crippen molar-refractivity contribution in [2.45, 2.75) is 0 Å². The van der Waals surface area contributed by atoms with Crippen LogP contribution in [0.4, 0.5) is 0 Å². The van der Waals surface area contributed by atoms with Gasteiger partial charge in [0.2, 0.25) is 5.82 Å². The SMILES string of the molecule is COc1ccc(-c2noc(-c3ccoc3)n2)cc1. The second-order valence-electron chi connectivity index (χ2n) is 3.66. The fourth-order valence-electron chi connectivity index (χ4n) is 1.58. The van der Waals surface area contributed by atoms with Crippen molar-refractivity contribution in [1.82, 2.24) is 10.1 Å². The second-order valence-corrected chi connectivity index (χ2v) is 3.66. The van der Waals surface area contributed by atoms with Gasteiger partial charge in [0.15, 0.2) is 0 Å². The van der Waals surface area contributed by atoms with Gasteiger partial charge in [-0.25, -0.2) is 0 Å². The summed E-state index contributed by atoms with van der Waals surface area (Å²) >= 11 is 0. The van der Waals surface area contributed by atoms with E-state index >= 15 is 0 Å². The normalized spacial score (nSPS) is 10.5. The minimum absolute atomic E-state index is 0.439. The Morgan fingerprint density at radius 3 is 2.56 bits per heavy atom. The van der Waals surface area contributed by atoms with E-state index in [1.807, 2.05) is 24.3 Å². The third-order valence-electron chi connectivity index (χ3n) is 2.54. The molecule has 2 heterocycles. The van der Waals surface area contributed by atoms with Crippen molar-refractivity contribution >= 4 is 0 Å². The van der Waals surface area contributed by atoms with Gasteiger partial charge in [-0.1, -0.05) is 5.16 Å². The first-order valence-corrected chi connectivity index (χ1v) is 5.37. The highest BCUT2D eigenvalue weighted by Crippen LogP contribution is 2.23. The van der Waals surface area contributed by atoms with Gasteiger partial charge in [0.05, 0.1) is 18.9 Å². The summed E-state index contributed by atoms with van der Waals surface area (Å²) in [6, 6.07) is 9.23. The molecule has 0 radical (unpaired) electrons. The van der Waals surface area contributed by atoms with Crippen molar-refractivity contribution < 1.29 is 13.7 Å². The van der Waals surface area contributed by atoms with E-state index in [-0.39, 0.29) is 0 Å². The van der Waals surface area contributed by atoms with Crippen molar-refractivity contribution in [2.75, 3.05) is 7.11 Å². The number of aromatic nitrogens is 2. The van der Waals surface area contributed by atoms with Crippen LogP contribution in [0.2, 0.25) is 0 Å². The molecule has 0 N–H and O–H groups in total. The largest absolute Gasteiger partial charge is 0.497 e. The molecule has 0 aliphatic carbocycles. The van der Waals surface area contributed by atoms with E-state index in [2.05, 4.69) is 10.1 Å². The number of rotatable bonds is 3. The van der Waals surface area contributed by atoms with E-state index in [1.165, 1.54) is 0 Å². The Morgan fingerprint density at radius 2 is 1.89 bits per heavy atom. The first-order chi connectivity index (χ1) is 8.86. The number of nitrogens with zero attached hydrogens (tertiary/aromatic N) is 2. The van der Waals surface area contributed by atoms with E-state index < -0.39 is 0 Å². The van der Waals surface area contributed by atoms with Crippen LogP contribution in [0.1, 0.15) is 0 Å². The molecule has 3 rings (SSSR count). The Labute approximate surface area is 103 Å². The van der Waals surface area contributed by atoms with Gasteiger partial charge in [-0.2, -0.15) is 4.98 Å². The average molecular weight is 242 g/mol. The lowest BCUT2D eigenvalue weighted by atomic mass is 10.2. The molecule has 0 spiro atoms. The van der Waals surface area contributed by atoms with Crippen LogP contribution in [0.3, 0.4) is 0 Å². The molecule has 0 unspecified atom stereocenters. The van der Waals surface area contributed by atoms with E-state index in [9.17, 15) is 0 Å². The van der Waals surface area contributed by atoms with Crippen LogP contribution in [0.15, 0.2) is 51.8 Å². The van der Waals surface area contributed by atoms with Crippen molar-refractivity contribution in [3.63, 3.8) is 0 Å². The molecule has 0 amide bonds. The van der Waals surface area contributed by atoms with Crippen LogP contribution in [0, 0.1) is 0 Å². The highest BCUT2D eigenvalue weighted by molar-refractivity contribution is 5.59. The van der Waals surface area contributed by atoms with Gasteiger partial charge in [-0.15, -0.1) is 0 Å². The smallest absolute Gasteiger partial charge is 0.261 e. The number of methoxy groups -OCH3 is 1. The Hall–Kier alpha value is -2.56. The Balaban J connectivity index is 1.92. The summed E-state index contributed by atoms with van der Waals surface area (Å²) in [5.74, 6) is 1.76. The average Bonchev–Trinajstić information content (AvgIpc) is 3.09. The highest BCUT2D eigenvalue weighted by Gasteiger charge is 2.11. The Morgan fingerprint density at radius 1 is 1.06 bits per heavy atom. The van der Waals surface area contributed by atoms with Gasteiger partial charge in [-0.05, 0) is 30.3 Å². The van der Waals surface area contributed by atoms with Crippen LogP contribution in [0.5, 0.6) is 5.75 Å². The van der Waals surface area contributed by atoms with Crippen LogP contribution in [-0.2, 0) is 0 Å². The minimum Gasteiger partial charge on any atom is -0.497 e. The zero-order valence-electron chi connectivity index (χ0n) is 9.66. The molecule has 3 aromatic rings. The van der Waals surface area contributed by atoms with Gasteiger partial charge in [0, 0.05) is 5.56 Å². The zero-order chi connectivity index (χ0) is 12.4. The predicted octanol–water partition coefficient (Wildman–Crippen LogP) is 3.01. The molecule has 18 heavy (non-hydrogen) atoms. The number of hydrogen-bond donors (Lipinski definition) is 0. The standard InChI is InChI=1S/C13H10N2O3/c1-16-11-4-2-9(3-5-11)12-14-13(18-15-12)10-6-7-17-8-10/h2-8H,1H3. The van der Waals surface area contributed by atoms with Crippen LogP contribution in [-0.4, -0.2) is 17.3 Å². The van der Waals surface area contributed by atoms with Crippen molar-refractivity contribution in [3.8, 4) is 28.6 Å². The summed E-state index contributed by atoms with van der Waals surface area (Å²) < 4.78 is 15.2. The second kappa shape index (κ2) is 4.37. The fraction of sp³-hybridized carbons (Fsp3) is 0.0769. The van der Waals surface area contributed by atoms with Crippen molar-refractivity contribution in [2.24, 2.45) is 0 Å². The summed E-state index contributed by atoms with van der Waals surface area (Å²) in [7, 11) is 1.63. The maximum Gasteiger partial charge on any atom is 0.261 e. The van der Waals surface area contributed by atoms with Crippen molar-refractivity contribution in [3.05, 3.63) is 42.9 Å². The molecule has 0 bridgehead atoms. The first kappa shape index (κ1) is 10.6. The van der Waals surface area contributed by atoms with Gasteiger partial charge in [-0.3, -0.25) is 0 Å². The van der Waals surface area contributed by atoms with Gasteiger partial charge in [0.1, 0.15) is 12.0 Å². The molecular weight excluding hydrogens is 232 g/mol. The molecule has 0 fully saturated rings. The molecule has 0 atom stereocenters. The molecule has 5 heteroatoms. The monoisotopic (exact) mass is 242 g/mol. The Bertz CT molecular complexity index is 627. The highest BCUT2D eigenvalue weighted by atomic mass is 16.5. The molecule has 2 aromatic heterocycles. The number of benzene rings is 1. The minimum atomic E-state index is 0.439. The fourth-order valence-corrected chi connectivity index (χ4v) is 1.58. The van der Waals surface area contributed by atoms with Gasteiger partial charge in [0.25, 0.3) is 5.89 Å². The zero-order valence-corrected chi connectivity index (χ0v) is 9.66. The number of furan rings is 1. The molecule has 0 aliphatic rings. The lowest BCUT2D eigenvalue weighted by Crippen LogP contribution is -1.84. The van der Waals surface area contributed by atoms with Crippen LogP contribution < -0.4 is 4.74 Å². The first-order valence-electron chi connectivity index (χ1n) is 5.37. The predicted molar refractivity (Wildman–Crippen MR) is 64.0 cm³/mol. The molecular formula is C13H10N2O3. The van der Waals surface area contributed by atoms with E-state index in [1.54, 1.807) is 25.7 Å². The van der Waals surface area contributed by atoms with E-state index in [0.29, 0.717) is 11.7 Å². The summed E-state index contributed by atoms with van der Waals surface area (Å²) in [4.78, 5) is 4.30. The molecule has 0 saturated carbocycles. The van der Waals surface area contributed by atoms with E-state index in [0.717, 1.165) is 16.9 Å². The lowest BCUT2D eigenvalue weighted by Gasteiger charge is -1.98. The van der Waals surface area contributed by atoms with E-state index in [4.69, 9.17) is 13.7 Å². The van der Waals surface area contributed by atoms with Gasteiger partial charge >= 0.3 is 0 Å². The molecule has 1 aromatic carbocycles. The topological polar surface area (TPSA) is 61.3 Å². The third-order valence-corrected chi connectivity index (χ3v) is 2.54. The Kier molecular flexibility index (Phi) is 2.57. The maximum atomic E-state index is 5.17.